The molecule has 0 aromatic heterocycles. The summed E-state index contributed by atoms with van der Waals surface area (Å²) in [7, 11) is 0. The summed E-state index contributed by atoms with van der Waals surface area (Å²) in [5.74, 6) is 4.79. The standard InChI is InChI=1S/C33H58O/c1-7-10-12-26(9-3)21-29-22-31(25(6)33(29)34)32(28-19-15-24(5)16-20-28)30(11-8-2)27-17-13-23(4)14-18-27/h19,23-27,29,31,33-34H,7-18,20-22H2,1-6H3/b32-30+/t23?,24-,25-,26?,27?,29?,31-,33-/m0/s1. The van der Waals surface area contributed by atoms with Gasteiger partial charge < -0.3 is 5.11 Å². The van der Waals surface area contributed by atoms with Gasteiger partial charge in [-0.05, 0) is 104 Å². The van der Waals surface area contributed by atoms with Crippen molar-refractivity contribution in [2.24, 2.45) is 41.4 Å². The molecular formula is C33H58O. The number of aliphatic hydroxyl groups excluding tert-OH is 1. The van der Waals surface area contributed by atoms with Crippen LogP contribution < -0.4 is 0 Å². The molecule has 2 fully saturated rings. The summed E-state index contributed by atoms with van der Waals surface area (Å²) in [4.78, 5) is 0. The molecule has 0 amide bonds. The quantitative estimate of drug-likeness (QED) is 0.318. The van der Waals surface area contributed by atoms with E-state index in [0.29, 0.717) is 17.8 Å². The van der Waals surface area contributed by atoms with Gasteiger partial charge in [-0.25, -0.2) is 0 Å². The van der Waals surface area contributed by atoms with Crippen LogP contribution in [0.3, 0.4) is 0 Å². The van der Waals surface area contributed by atoms with Crippen LogP contribution in [-0.4, -0.2) is 11.2 Å². The smallest absolute Gasteiger partial charge is 0.0600 e. The minimum Gasteiger partial charge on any atom is -0.393 e. The van der Waals surface area contributed by atoms with E-state index in [4.69, 9.17) is 0 Å². The molecule has 3 aliphatic rings. The third-order valence-electron chi connectivity index (χ3n) is 10.2. The fraction of sp³-hybridized carbons (Fsp3) is 0.879. The van der Waals surface area contributed by atoms with Gasteiger partial charge in [-0.3, -0.25) is 0 Å². The minimum atomic E-state index is -0.118. The van der Waals surface area contributed by atoms with Gasteiger partial charge in [-0.2, -0.15) is 0 Å². The largest absolute Gasteiger partial charge is 0.393 e. The Labute approximate surface area is 213 Å². The lowest BCUT2D eigenvalue weighted by molar-refractivity contribution is 0.0809. The molecule has 3 aliphatic carbocycles. The highest BCUT2D eigenvalue weighted by molar-refractivity contribution is 5.41. The zero-order valence-corrected chi connectivity index (χ0v) is 23.7. The lowest BCUT2D eigenvalue weighted by Gasteiger charge is -2.35. The molecule has 2 saturated carbocycles. The molecule has 3 rings (SSSR count). The Bertz CT molecular complexity index is 664. The summed E-state index contributed by atoms with van der Waals surface area (Å²) >= 11 is 0. The van der Waals surface area contributed by atoms with Crippen molar-refractivity contribution in [1.82, 2.24) is 0 Å². The molecule has 1 N–H and O–H groups in total. The van der Waals surface area contributed by atoms with Crippen molar-refractivity contribution < 1.29 is 5.11 Å². The number of hydrogen-bond acceptors (Lipinski definition) is 1. The molecule has 2 unspecified atom stereocenters. The van der Waals surface area contributed by atoms with Gasteiger partial charge in [-0.1, -0.05) is 98.1 Å². The average Bonchev–Trinajstić information content (AvgIpc) is 3.11. The normalized spacial score (nSPS) is 36.2. The highest BCUT2D eigenvalue weighted by Crippen LogP contribution is 2.50. The summed E-state index contributed by atoms with van der Waals surface area (Å²) in [5.41, 5.74) is 5.30. The Balaban J connectivity index is 1.93. The van der Waals surface area contributed by atoms with Crippen molar-refractivity contribution in [2.75, 3.05) is 0 Å². The van der Waals surface area contributed by atoms with Crippen LogP contribution in [-0.2, 0) is 0 Å². The number of rotatable bonds is 11. The molecular weight excluding hydrogens is 412 g/mol. The van der Waals surface area contributed by atoms with Gasteiger partial charge in [0, 0.05) is 0 Å². The van der Waals surface area contributed by atoms with Crippen molar-refractivity contribution in [3.05, 3.63) is 22.8 Å². The second-order valence-corrected chi connectivity index (χ2v) is 12.9. The first-order valence-electron chi connectivity index (χ1n) is 15.5. The van der Waals surface area contributed by atoms with E-state index in [2.05, 4.69) is 47.6 Å². The molecule has 196 valence electrons. The van der Waals surface area contributed by atoms with Gasteiger partial charge in [0.2, 0.25) is 0 Å². The van der Waals surface area contributed by atoms with Gasteiger partial charge in [-0.15, -0.1) is 0 Å². The number of allylic oxidation sites excluding steroid dienone is 4. The Morgan fingerprint density at radius 3 is 2.29 bits per heavy atom. The summed E-state index contributed by atoms with van der Waals surface area (Å²) in [5, 5.41) is 11.5. The second kappa shape index (κ2) is 13.7. The Kier molecular flexibility index (Phi) is 11.3. The zero-order chi connectivity index (χ0) is 24.7. The van der Waals surface area contributed by atoms with Crippen molar-refractivity contribution >= 4 is 0 Å². The number of hydrogen-bond donors (Lipinski definition) is 1. The summed E-state index contributed by atoms with van der Waals surface area (Å²) in [6.45, 7) is 14.3. The molecule has 0 bridgehead atoms. The molecule has 0 heterocycles. The third kappa shape index (κ3) is 7.02. The maximum absolute atomic E-state index is 11.5. The van der Waals surface area contributed by atoms with Gasteiger partial charge in [0.1, 0.15) is 0 Å². The lowest BCUT2D eigenvalue weighted by atomic mass is 9.70. The Morgan fingerprint density at radius 1 is 0.971 bits per heavy atom. The number of aliphatic hydroxyl groups is 1. The van der Waals surface area contributed by atoms with Gasteiger partial charge >= 0.3 is 0 Å². The van der Waals surface area contributed by atoms with Crippen molar-refractivity contribution in [2.45, 2.75) is 144 Å². The summed E-state index contributed by atoms with van der Waals surface area (Å²) in [6, 6.07) is 0. The topological polar surface area (TPSA) is 20.2 Å². The molecule has 0 spiro atoms. The van der Waals surface area contributed by atoms with Crippen LogP contribution in [0.2, 0.25) is 0 Å². The predicted molar refractivity (Wildman–Crippen MR) is 149 cm³/mol. The molecule has 0 aliphatic heterocycles. The first-order valence-corrected chi connectivity index (χ1v) is 15.5. The second-order valence-electron chi connectivity index (χ2n) is 12.9. The first-order chi connectivity index (χ1) is 16.4. The highest BCUT2D eigenvalue weighted by Gasteiger charge is 2.43. The summed E-state index contributed by atoms with van der Waals surface area (Å²) in [6.07, 6.45) is 22.2. The van der Waals surface area contributed by atoms with Crippen LogP contribution in [0.15, 0.2) is 22.8 Å². The molecule has 34 heavy (non-hydrogen) atoms. The van der Waals surface area contributed by atoms with E-state index in [1.165, 1.54) is 96.3 Å². The SMILES string of the molecule is CCCCC(CC)CC1C[C@H](/C(C2=CC[C@H](C)CC2)=C(\CCC)C2CCC(C)CC2)[C@H](C)[C@@H]1O. The maximum Gasteiger partial charge on any atom is 0.0600 e. The van der Waals surface area contributed by atoms with E-state index in [1.54, 1.807) is 11.1 Å². The average molecular weight is 471 g/mol. The van der Waals surface area contributed by atoms with Gasteiger partial charge in [0.05, 0.1) is 6.10 Å². The predicted octanol–water partition coefficient (Wildman–Crippen LogP) is 9.90. The maximum atomic E-state index is 11.5. The Morgan fingerprint density at radius 2 is 1.71 bits per heavy atom. The molecule has 6 atom stereocenters. The van der Waals surface area contributed by atoms with Crippen LogP contribution in [0, 0.1) is 41.4 Å². The van der Waals surface area contributed by atoms with E-state index >= 15 is 0 Å². The number of unbranched alkanes of at least 4 members (excludes halogenated alkanes) is 1. The fourth-order valence-corrected chi connectivity index (χ4v) is 7.70. The highest BCUT2D eigenvalue weighted by atomic mass is 16.3. The van der Waals surface area contributed by atoms with E-state index in [-0.39, 0.29) is 6.10 Å². The fourth-order valence-electron chi connectivity index (χ4n) is 7.70. The van der Waals surface area contributed by atoms with Crippen LogP contribution in [0.25, 0.3) is 0 Å². The monoisotopic (exact) mass is 470 g/mol. The third-order valence-corrected chi connectivity index (χ3v) is 10.2. The van der Waals surface area contributed by atoms with E-state index in [1.807, 2.05) is 5.57 Å². The van der Waals surface area contributed by atoms with E-state index in [9.17, 15) is 5.11 Å². The molecule has 1 heteroatoms. The molecule has 1 nitrogen and oxygen atoms in total. The zero-order valence-electron chi connectivity index (χ0n) is 23.7. The van der Waals surface area contributed by atoms with E-state index in [0.717, 1.165) is 23.7 Å². The Hall–Kier alpha value is -0.560. The molecule has 0 aromatic carbocycles. The lowest BCUT2D eigenvalue weighted by Crippen LogP contribution is -2.24. The minimum absolute atomic E-state index is 0.118. The molecule has 0 aromatic rings. The first kappa shape index (κ1) is 28.0. The van der Waals surface area contributed by atoms with Crippen LogP contribution >= 0.6 is 0 Å². The van der Waals surface area contributed by atoms with Crippen LogP contribution in [0.5, 0.6) is 0 Å². The van der Waals surface area contributed by atoms with Gasteiger partial charge in [0.25, 0.3) is 0 Å². The van der Waals surface area contributed by atoms with Crippen molar-refractivity contribution in [3.8, 4) is 0 Å². The van der Waals surface area contributed by atoms with Crippen LogP contribution in [0.4, 0.5) is 0 Å². The molecule has 0 radical (unpaired) electrons. The summed E-state index contributed by atoms with van der Waals surface area (Å²) < 4.78 is 0. The van der Waals surface area contributed by atoms with Gasteiger partial charge in [0.15, 0.2) is 0 Å². The van der Waals surface area contributed by atoms with Crippen molar-refractivity contribution in [1.29, 1.82) is 0 Å². The van der Waals surface area contributed by atoms with Crippen molar-refractivity contribution in [3.63, 3.8) is 0 Å². The van der Waals surface area contributed by atoms with E-state index < -0.39 is 0 Å². The molecule has 0 saturated heterocycles. The van der Waals surface area contributed by atoms with Crippen LogP contribution in [0.1, 0.15) is 138 Å².